The van der Waals surface area contributed by atoms with Crippen molar-refractivity contribution in [2.24, 2.45) is 5.92 Å². The Morgan fingerprint density at radius 1 is 1.28 bits per heavy atom. The second-order valence-corrected chi connectivity index (χ2v) is 6.27. The normalized spacial score (nSPS) is 13.0. The largest absolute Gasteiger partial charge is 0.483 e. The van der Waals surface area contributed by atoms with Gasteiger partial charge in [-0.1, -0.05) is 26.0 Å². The van der Waals surface area contributed by atoms with Crippen LogP contribution in [0.3, 0.4) is 0 Å². The quantitative estimate of drug-likeness (QED) is 0.690. The fourth-order valence-corrected chi connectivity index (χ4v) is 2.56. The molecule has 6 heteroatoms. The number of benzene rings is 1. The highest BCUT2D eigenvalue weighted by Crippen LogP contribution is 2.19. The van der Waals surface area contributed by atoms with Crippen molar-refractivity contribution in [3.8, 4) is 5.75 Å². The van der Waals surface area contributed by atoms with Gasteiger partial charge in [-0.3, -0.25) is 9.59 Å². The van der Waals surface area contributed by atoms with E-state index < -0.39 is 5.92 Å². The van der Waals surface area contributed by atoms with Crippen molar-refractivity contribution in [2.45, 2.75) is 40.2 Å². The van der Waals surface area contributed by atoms with Crippen LogP contribution in [0.1, 0.15) is 31.4 Å². The lowest BCUT2D eigenvalue weighted by molar-refractivity contribution is -0.148. The molecule has 0 aliphatic rings. The summed E-state index contributed by atoms with van der Waals surface area (Å²) in [6.07, 6.45) is 0.583. The maximum Gasteiger partial charge on any atom is 0.310 e. The first-order valence-corrected chi connectivity index (χ1v) is 8.52. The molecule has 0 aliphatic carbocycles. The van der Waals surface area contributed by atoms with E-state index in [1.807, 2.05) is 39.0 Å². The zero-order chi connectivity index (χ0) is 19.0. The molecular weight excluding hydrogens is 322 g/mol. The summed E-state index contributed by atoms with van der Waals surface area (Å²) in [5, 5.41) is 9.57. The van der Waals surface area contributed by atoms with E-state index in [2.05, 4.69) is 0 Å². The predicted molar refractivity (Wildman–Crippen MR) is 95.5 cm³/mol. The number of aliphatic hydroxyl groups is 1. The number of carbonyl (C=O) groups excluding carboxylic acids is 2. The van der Waals surface area contributed by atoms with Gasteiger partial charge in [-0.05, 0) is 37.5 Å². The fourth-order valence-electron chi connectivity index (χ4n) is 2.56. The molecule has 0 saturated heterocycles. The maximum absolute atomic E-state index is 12.7. The Morgan fingerprint density at radius 3 is 2.52 bits per heavy atom. The van der Waals surface area contributed by atoms with Gasteiger partial charge >= 0.3 is 5.97 Å². The molecule has 0 bridgehead atoms. The molecule has 1 amide bonds. The van der Waals surface area contributed by atoms with Crippen LogP contribution in [0.25, 0.3) is 0 Å². The van der Waals surface area contributed by atoms with Crippen LogP contribution in [-0.4, -0.2) is 54.8 Å². The summed E-state index contributed by atoms with van der Waals surface area (Å²) in [5.41, 5.74) is 1.99. The van der Waals surface area contributed by atoms with Crippen molar-refractivity contribution < 1.29 is 24.2 Å². The molecule has 1 rings (SSSR count). The lowest BCUT2D eigenvalue weighted by atomic mass is 10.1. The van der Waals surface area contributed by atoms with Crippen LogP contribution in [0.15, 0.2) is 18.2 Å². The molecule has 1 aromatic rings. The lowest BCUT2D eigenvalue weighted by Crippen LogP contribution is -2.47. The van der Waals surface area contributed by atoms with Gasteiger partial charge in [-0.15, -0.1) is 0 Å². The van der Waals surface area contributed by atoms with Crippen LogP contribution in [0.2, 0.25) is 0 Å². The minimum atomic E-state index is -0.477. The summed E-state index contributed by atoms with van der Waals surface area (Å²) in [7, 11) is 1.32. The summed E-state index contributed by atoms with van der Waals surface area (Å²) in [6.45, 7) is 7.32. The minimum absolute atomic E-state index is 0.144. The second kappa shape index (κ2) is 10.0. The molecule has 1 aromatic carbocycles. The number of hydrogen-bond acceptors (Lipinski definition) is 5. The second-order valence-electron chi connectivity index (χ2n) is 6.27. The molecule has 6 nitrogen and oxygen atoms in total. The number of methoxy groups -OCH3 is 1. The first kappa shape index (κ1) is 21.0. The van der Waals surface area contributed by atoms with E-state index in [0.717, 1.165) is 11.1 Å². The number of carbonyl (C=O) groups is 2. The van der Waals surface area contributed by atoms with Crippen molar-refractivity contribution >= 4 is 11.9 Å². The Morgan fingerprint density at radius 2 is 1.96 bits per heavy atom. The van der Waals surface area contributed by atoms with Crippen LogP contribution in [0.4, 0.5) is 0 Å². The lowest BCUT2D eigenvalue weighted by Gasteiger charge is -2.31. The number of rotatable bonds is 9. The van der Waals surface area contributed by atoms with E-state index in [0.29, 0.717) is 12.2 Å². The van der Waals surface area contributed by atoms with Gasteiger partial charge in [0.2, 0.25) is 0 Å². The Hall–Kier alpha value is -2.08. The highest BCUT2D eigenvalue weighted by atomic mass is 16.5. The van der Waals surface area contributed by atoms with E-state index in [1.165, 1.54) is 12.0 Å². The van der Waals surface area contributed by atoms with Gasteiger partial charge in [0.25, 0.3) is 5.91 Å². The zero-order valence-electron chi connectivity index (χ0n) is 15.7. The predicted octanol–water partition coefficient (Wildman–Crippen LogP) is 2.09. The summed E-state index contributed by atoms with van der Waals surface area (Å²) in [4.78, 5) is 25.8. The van der Waals surface area contributed by atoms with Gasteiger partial charge in [-0.25, -0.2) is 0 Å². The topological polar surface area (TPSA) is 76.1 Å². The standard InChI is InChI=1S/C19H29NO5/c1-6-16(11-21)20(10-15(4)19(23)24-5)18(22)12-25-17-9-13(2)7-8-14(17)3/h7-9,15-16,21H,6,10-12H2,1-5H3. The Labute approximate surface area is 149 Å². The molecule has 2 unspecified atom stereocenters. The third-order valence-electron chi connectivity index (χ3n) is 4.21. The van der Waals surface area contributed by atoms with E-state index in [9.17, 15) is 14.7 Å². The van der Waals surface area contributed by atoms with Gasteiger partial charge < -0.3 is 19.5 Å². The van der Waals surface area contributed by atoms with Crippen molar-refractivity contribution in [1.82, 2.24) is 4.90 Å². The van der Waals surface area contributed by atoms with E-state index in [1.54, 1.807) is 6.92 Å². The molecule has 0 fully saturated rings. The fraction of sp³-hybridized carbons (Fsp3) is 0.579. The van der Waals surface area contributed by atoms with Crippen LogP contribution < -0.4 is 4.74 Å². The van der Waals surface area contributed by atoms with Crippen molar-refractivity contribution in [3.63, 3.8) is 0 Å². The average molecular weight is 351 g/mol. The summed E-state index contributed by atoms with van der Waals surface area (Å²) in [5.74, 6) is -0.472. The number of nitrogens with zero attached hydrogens (tertiary/aromatic N) is 1. The van der Waals surface area contributed by atoms with Gasteiger partial charge in [0, 0.05) is 6.54 Å². The molecule has 0 spiro atoms. The van der Waals surface area contributed by atoms with Gasteiger partial charge in [-0.2, -0.15) is 0 Å². The summed E-state index contributed by atoms with van der Waals surface area (Å²) in [6, 6.07) is 5.44. The Balaban J connectivity index is 2.84. The average Bonchev–Trinajstić information content (AvgIpc) is 2.61. The third-order valence-corrected chi connectivity index (χ3v) is 4.21. The Kier molecular flexibility index (Phi) is 8.41. The molecular formula is C19H29NO5. The monoisotopic (exact) mass is 351 g/mol. The first-order chi connectivity index (χ1) is 11.8. The SMILES string of the molecule is CCC(CO)N(CC(C)C(=O)OC)C(=O)COc1cc(C)ccc1C. The molecule has 0 radical (unpaired) electrons. The molecule has 0 aromatic heterocycles. The zero-order valence-corrected chi connectivity index (χ0v) is 15.7. The number of ether oxygens (including phenoxy) is 2. The summed E-state index contributed by atoms with van der Waals surface area (Å²) < 4.78 is 10.4. The van der Waals surface area contributed by atoms with E-state index >= 15 is 0 Å². The molecule has 1 N–H and O–H groups in total. The molecule has 0 aliphatic heterocycles. The van der Waals surface area contributed by atoms with Gasteiger partial charge in [0.15, 0.2) is 6.61 Å². The van der Waals surface area contributed by atoms with Crippen molar-refractivity contribution in [3.05, 3.63) is 29.3 Å². The van der Waals surface area contributed by atoms with Crippen LogP contribution >= 0.6 is 0 Å². The Bertz CT molecular complexity index is 583. The molecule has 140 valence electrons. The van der Waals surface area contributed by atoms with E-state index in [4.69, 9.17) is 9.47 Å². The molecule has 0 saturated carbocycles. The number of amides is 1. The summed E-state index contributed by atoms with van der Waals surface area (Å²) >= 11 is 0. The first-order valence-electron chi connectivity index (χ1n) is 8.52. The smallest absolute Gasteiger partial charge is 0.310 e. The third kappa shape index (κ3) is 6.05. The minimum Gasteiger partial charge on any atom is -0.483 e. The molecule has 0 heterocycles. The number of hydrogen-bond donors (Lipinski definition) is 1. The highest BCUT2D eigenvalue weighted by molar-refractivity contribution is 5.79. The maximum atomic E-state index is 12.7. The van der Waals surface area contributed by atoms with Crippen molar-refractivity contribution in [1.29, 1.82) is 0 Å². The number of aliphatic hydroxyl groups excluding tert-OH is 1. The molecule has 2 atom stereocenters. The number of esters is 1. The van der Waals surface area contributed by atoms with Gasteiger partial charge in [0.05, 0.1) is 25.7 Å². The molecule has 25 heavy (non-hydrogen) atoms. The highest BCUT2D eigenvalue weighted by Gasteiger charge is 2.27. The van der Waals surface area contributed by atoms with E-state index in [-0.39, 0.29) is 37.7 Å². The van der Waals surface area contributed by atoms with Crippen molar-refractivity contribution in [2.75, 3.05) is 26.9 Å². The van der Waals surface area contributed by atoms with Crippen LogP contribution in [0.5, 0.6) is 5.75 Å². The van der Waals surface area contributed by atoms with Crippen LogP contribution in [0, 0.1) is 19.8 Å². The van der Waals surface area contributed by atoms with Crippen LogP contribution in [-0.2, 0) is 14.3 Å². The van der Waals surface area contributed by atoms with Gasteiger partial charge in [0.1, 0.15) is 5.75 Å². The number of aryl methyl sites for hydroxylation is 2.